The zero-order chi connectivity index (χ0) is 20.1. The van der Waals surface area contributed by atoms with E-state index in [-0.39, 0.29) is 12.5 Å². The Labute approximate surface area is 160 Å². The number of nitrogens with zero attached hydrogens (tertiary/aromatic N) is 1. The van der Waals surface area contributed by atoms with E-state index in [0.29, 0.717) is 37.1 Å². The second-order valence-corrected chi connectivity index (χ2v) is 6.49. The van der Waals surface area contributed by atoms with E-state index >= 15 is 0 Å². The first kappa shape index (κ1) is 22.4. The van der Waals surface area contributed by atoms with E-state index in [1.165, 1.54) is 0 Å². The first-order valence-electron chi connectivity index (χ1n) is 9.10. The number of nitrogens with two attached hydrogens (primary N) is 1. The summed E-state index contributed by atoms with van der Waals surface area (Å²) in [5, 5.41) is 8.85. The van der Waals surface area contributed by atoms with E-state index in [1.807, 2.05) is 12.1 Å². The fourth-order valence-electron chi connectivity index (χ4n) is 2.11. The standard InChI is InChI=1S/C19H31N5O3/c1-14(2)8-10-27-11-9-22-19(21-3)24-12-15-4-6-16(7-5-15)18(26)23-13-17(20)25/h4-7,14H,8-13H2,1-3H3,(H2,20,25)(H,23,26)(H2,21,22,24). The number of benzene rings is 1. The maximum atomic E-state index is 11.8. The van der Waals surface area contributed by atoms with Gasteiger partial charge in [0.15, 0.2) is 5.96 Å². The molecule has 0 radical (unpaired) electrons. The largest absolute Gasteiger partial charge is 0.380 e. The molecule has 1 rings (SSSR count). The molecule has 0 aromatic heterocycles. The van der Waals surface area contributed by atoms with Crippen LogP contribution in [0.2, 0.25) is 0 Å². The van der Waals surface area contributed by atoms with Gasteiger partial charge in [0.25, 0.3) is 5.91 Å². The van der Waals surface area contributed by atoms with Crippen LogP contribution in [-0.4, -0.2) is 51.1 Å². The summed E-state index contributed by atoms with van der Waals surface area (Å²) in [6, 6.07) is 7.08. The molecule has 1 aromatic rings. The number of hydrogen-bond acceptors (Lipinski definition) is 4. The van der Waals surface area contributed by atoms with Crippen molar-refractivity contribution >= 4 is 17.8 Å². The Bertz CT molecular complexity index is 614. The van der Waals surface area contributed by atoms with E-state index in [4.69, 9.17) is 10.5 Å². The zero-order valence-electron chi connectivity index (χ0n) is 16.4. The number of primary amides is 1. The number of amides is 2. The maximum Gasteiger partial charge on any atom is 0.251 e. The topological polar surface area (TPSA) is 118 Å². The van der Waals surface area contributed by atoms with Gasteiger partial charge in [-0.25, -0.2) is 0 Å². The average Bonchev–Trinajstić information content (AvgIpc) is 2.65. The summed E-state index contributed by atoms with van der Waals surface area (Å²) in [6.07, 6.45) is 1.06. The van der Waals surface area contributed by atoms with Gasteiger partial charge in [-0.15, -0.1) is 0 Å². The third-order valence-electron chi connectivity index (χ3n) is 3.70. The van der Waals surface area contributed by atoms with Crippen molar-refractivity contribution in [2.75, 3.05) is 33.4 Å². The lowest BCUT2D eigenvalue weighted by atomic mass is 10.1. The summed E-state index contributed by atoms with van der Waals surface area (Å²) in [5.74, 6) is 0.426. The Morgan fingerprint density at radius 3 is 2.41 bits per heavy atom. The smallest absolute Gasteiger partial charge is 0.251 e. The van der Waals surface area contributed by atoms with Gasteiger partial charge in [-0.05, 0) is 30.0 Å². The SMILES string of the molecule is CN=C(NCCOCCC(C)C)NCc1ccc(C(=O)NCC(N)=O)cc1. The van der Waals surface area contributed by atoms with Crippen molar-refractivity contribution in [1.29, 1.82) is 0 Å². The lowest BCUT2D eigenvalue weighted by Crippen LogP contribution is -2.38. The van der Waals surface area contributed by atoms with Crippen LogP contribution in [-0.2, 0) is 16.1 Å². The van der Waals surface area contributed by atoms with Gasteiger partial charge in [0.1, 0.15) is 0 Å². The third kappa shape index (κ3) is 10.2. The molecule has 0 heterocycles. The molecule has 0 bridgehead atoms. The summed E-state index contributed by atoms with van der Waals surface area (Å²) in [6.45, 7) is 6.81. The number of carbonyl (C=O) groups excluding carboxylic acids is 2. The van der Waals surface area contributed by atoms with E-state index in [1.54, 1.807) is 19.2 Å². The van der Waals surface area contributed by atoms with Crippen LogP contribution in [0.5, 0.6) is 0 Å². The van der Waals surface area contributed by atoms with Crippen molar-refractivity contribution in [3.63, 3.8) is 0 Å². The van der Waals surface area contributed by atoms with Gasteiger partial charge in [0.05, 0.1) is 13.2 Å². The Morgan fingerprint density at radius 1 is 1.11 bits per heavy atom. The maximum absolute atomic E-state index is 11.8. The van der Waals surface area contributed by atoms with Crippen LogP contribution in [0.3, 0.4) is 0 Å². The highest BCUT2D eigenvalue weighted by Crippen LogP contribution is 2.04. The Balaban J connectivity index is 2.32. The van der Waals surface area contributed by atoms with Crippen molar-refractivity contribution in [3.05, 3.63) is 35.4 Å². The molecular formula is C19H31N5O3. The molecule has 2 amide bonds. The second-order valence-electron chi connectivity index (χ2n) is 6.49. The second kappa shape index (κ2) is 12.7. The highest BCUT2D eigenvalue weighted by molar-refractivity contribution is 5.96. The van der Waals surface area contributed by atoms with Crippen molar-refractivity contribution in [1.82, 2.24) is 16.0 Å². The molecule has 0 aliphatic heterocycles. The van der Waals surface area contributed by atoms with E-state index in [2.05, 4.69) is 34.8 Å². The summed E-state index contributed by atoms with van der Waals surface area (Å²) < 4.78 is 5.56. The summed E-state index contributed by atoms with van der Waals surface area (Å²) in [7, 11) is 1.71. The molecule has 0 aliphatic rings. The van der Waals surface area contributed by atoms with Crippen LogP contribution in [0.4, 0.5) is 0 Å². The lowest BCUT2D eigenvalue weighted by molar-refractivity contribution is -0.117. The normalized spacial score (nSPS) is 11.3. The number of nitrogens with one attached hydrogen (secondary N) is 3. The van der Waals surface area contributed by atoms with Crippen LogP contribution in [0.1, 0.15) is 36.2 Å². The average molecular weight is 377 g/mol. The van der Waals surface area contributed by atoms with Gasteiger partial charge in [0, 0.05) is 32.3 Å². The quantitative estimate of drug-likeness (QED) is 0.256. The molecule has 0 unspecified atom stereocenters. The van der Waals surface area contributed by atoms with Crippen LogP contribution in [0.15, 0.2) is 29.3 Å². The predicted molar refractivity (Wildman–Crippen MR) is 106 cm³/mol. The van der Waals surface area contributed by atoms with Gasteiger partial charge in [0.2, 0.25) is 5.91 Å². The minimum Gasteiger partial charge on any atom is -0.380 e. The number of aliphatic imine (C=N–C) groups is 1. The summed E-state index contributed by atoms with van der Waals surface area (Å²) in [5.41, 5.74) is 6.48. The fraction of sp³-hybridized carbons (Fsp3) is 0.526. The number of ether oxygens (including phenoxy) is 1. The highest BCUT2D eigenvalue weighted by Gasteiger charge is 2.06. The van der Waals surface area contributed by atoms with Crippen molar-refractivity contribution in [2.24, 2.45) is 16.6 Å². The van der Waals surface area contributed by atoms with Gasteiger partial charge >= 0.3 is 0 Å². The first-order chi connectivity index (χ1) is 12.9. The molecule has 0 aliphatic carbocycles. The number of rotatable bonds is 11. The molecule has 0 saturated heterocycles. The summed E-state index contributed by atoms with van der Waals surface area (Å²) in [4.78, 5) is 26.7. The van der Waals surface area contributed by atoms with E-state index in [0.717, 1.165) is 18.6 Å². The van der Waals surface area contributed by atoms with Gasteiger partial charge in [-0.3, -0.25) is 14.6 Å². The molecule has 0 atom stereocenters. The van der Waals surface area contributed by atoms with Crippen LogP contribution in [0.25, 0.3) is 0 Å². The predicted octanol–water partition coefficient (Wildman–Crippen LogP) is 0.629. The fourth-order valence-corrected chi connectivity index (χ4v) is 2.11. The molecular weight excluding hydrogens is 346 g/mol. The van der Waals surface area contributed by atoms with Crippen molar-refractivity contribution in [2.45, 2.75) is 26.8 Å². The van der Waals surface area contributed by atoms with Crippen LogP contribution in [0, 0.1) is 5.92 Å². The van der Waals surface area contributed by atoms with Gasteiger partial charge < -0.3 is 26.4 Å². The zero-order valence-corrected chi connectivity index (χ0v) is 16.4. The Morgan fingerprint density at radius 2 is 1.81 bits per heavy atom. The van der Waals surface area contributed by atoms with Crippen molar-refractivity contribution in [3.8, 4) is 0 Å². The summed E-state index contributed by atoms with van der Waals surface area (Å²) >= 11 is 0. The van der Waals surface area contributed by atoms with Crippen LogP contribution < -0.4 is 21.7 Å². The third-order valence-corrected chi connectivity index (χ3v) is 3.70. The molecule has 27 heavy (non-hydrogen) atoms. The molecule has 1 aromatic carbocycles. The Hall–Kier alpha value is -2.61. The number of carbonyl (C=O) groups is 2. The molecule has 8 nitrogen and oxygen atoms in total. The first-order valence-corrected chi connectivity index (χ1v) is 9.10. The Kier molecular flexibility index (Phi) is 10.5. The van der Waals surface area contributed by atoms with E-state index in [9.17, 15) is 9.59 Å². The van der Waals surface area contributed by atoms with Gasteiger partial charge in [-0.1, -0.05) is 26.0 Å². The van der Waals surface area contributed by atoms with E-state index < -0.39 is 5.91 Å². The molecule has 0 fully saturated rings. The molecule has 0 spiro atoms. The molecule has 8 heteroatoms. The molecule has 150 valence electrons. The monoisotopic (exact) mass is 377 g/mol. The van der Waals surface area contributed by atoms with Crippen LogP contribution >= 0.6 is 0 Å². The minimum atomic E-state index is -0.576. The minimum absolute atomic E-state index is 0.175. The molecule has 0 saturated carbocycles. The highest BCUT2D eigenvalue weighted by atomic mass is 16.5. The lowest BCUT2D eigenvalue weighted by Gasteiger charge is -2.13. The van der Waals surface area contributed by atoms with Gasteiger partial charge in [-0.2, -0.15) is 0 Å². The van der Waals surface area contributed by atoms with Crippen molar-refractivity contribution < 1.29 is 14.3 Å². The molecule has 5 N–H and O–H groups in total. The number of hydrogen-bond donors (Lipinski definition) is 4. The number of guanidine groups is 1.